The molecular weight excluding hydrogens is 308 g/mol. The van der Waals surface area contributed by atoms with E-state index >= 15 is 0 Å². The zero-order valence-electron chi connectivity index (χ0n) is 11.2. The fourth-order valence-corrected chi connectivity index (χ4v) is 4.41. The topological polar surface area (TPSA) is 66.5 Å². The molecule has 1 amide bonds. The van der Waals surface area contributed by atoms with Crippen LogP contribution < -0.4 is 9.62 Å². The summed E-state index contributed by atoms with van der Waals surface area (Å²) in [6.45, 7) is 0.470. The van der Waals surface area contributed by atoms with Gasteiger partial charge in [0.2, 0.25) is 10.0 Å². The fraction of sp³-hybridized carbons (Fsp3) is 0.214. The Balaban J connectivity index is 1.85. The van der Waals surface area contributed by atoms with E-state index in [1.807, 2.05) is 16.8 Å². The van der Waals surface area contributed by atoms with Gasteiger partial charge in [-0.1, -0.05) is 6.07 Å². The van der Waals surface area contributed by atoms with E-state index in [0.717, 1.165) is 5.69 Å². The van der Waals surface area contributed by atoms with Crippen LogP contribution in [0.2, 0.25) is 0 Å². The van der Waals surface area contributed by atoms with E-state index in [1.165, 1.54) is 15.6 Å². The van der Waals surface area contributed by atoms with E-state index in [2.05, 4.69) is 5.32 Å². The van der Waals surface area contributed by atoms with Crippen LogP contribution >= 0.6 is 11.3 Å². The summed E-state index contributed by atoms with van der Waals surface area (Å²) in [6.07, 6.45) is 0.619. The van der Waals surface area contributed by atoms with Gasteiger partial charge >= 0.3 is 0 Å². The fourth-order valence-electron chi connectivity index (χ4n) is 2.27. The first-order valence-corrected chi connectivity index (χ1v) is 9.05. The number of hydrogen-bond acceptors (Lipinski definition) is 4. The third kappa shape index (κ3) is 2.93. The van der Waals surface area contributed by atoms with E-state index in [4.69, 9.17) is 0 Å². The van der Waals surface area contributed by atoms with Crippen molar-refractivity contribution in [1.29, 1.82) is 0 Å². The van der Waals surface area contributed by atoms with Crippen LogP contribution in [0.15, 0.2) is 41.1 Å². The van der Waals surface area contributed by atoms with Gasteiger partial charge in [0, 0.05) is 17.5 Å². The van der Waals surface area contributed by atoms with E-state index in [1.54, 1.807) is 24.3 Å². The Hall–Kier alpha value is -1.86. The number of carbonyl (C=O) groups excluding carboxylic acids is 1. The number of rotatable bonds is 3. The third-order valence-electron chi connectivity index (χ3n) is 3.27. The van der Waals surface area contributed by atoms with Gasteiger partial charge < -0.3 is 5.32 Å². The van der Waals surface area contributed by atoms with Crippen molar-refractivity contribution in [3.05, 3.63) is 46.7 Å². The molecule has 1 aliphatic rings. The highest BCUT2D eigenvalue weighted by Crippen LogP contribution is 2.25. The van der Waals surface area contributed by atoms with Gasteiger partial charge in [-0.05, 0) is 36.1 Å². The summed E-state index contributed by atoms with van der Waals surface area (Å²) in [5.41, 5.74) is 1.73. The lowest BCUT2D eigenvalue weighted by Crippen LogP contribution is -2.25. The molecule has 0 aliphatic carbocycles. The quantitative estimate of drug-likeness (QED) is 0.944. The van der Waals surface area contributed by atoms with Gasteiger partial charge in [0.05, 0.1) is 17.1 Å². The molecule has 1 aromatic heterocycles. The van der Waals surface area contributed by atoms with Crippen molar-refractivity contribution in [2.24, 2.45) is 0 Å². The maximum Gasteiger partial charge on any atom is 0.255 e. The maximum atomic E-state index is 12.2. The summed E-state index contributed by atoms with van der Waals surface area (Å²) in [5, 5.41) is 6.50. The third-order valence-corrected chi connectivity index (χ3v) is 5.83. The molecule has 1 aliphatic heterocycles. The molecule has 1 N–H and O–H groups in total. The van der Waals surface area contributed by atoms with E-state index in [0.29, 0.717) is 24.2 Å². The smallest absolute Gasteiger partial charge is 0.255 e. The van der Waals surface area contributed by atoms with Gasteiger partial charge in [0.15, 0.2) is 0 Å². The average molecular weight is 322 g/mol. The molecule has 0 radical (unpaired) electrons. The summed E-state index contributed by atoms with van der Waals surface area (Å²) in [4.78, 5) is 12.2. The highest BCUT2D eigenvalue weighted by Gasteiger charge is 2.28. The summed E-state index contributed by atoms with van der Waals surface area (Å²) in [7, 11) is -3.23. The van der Waals surface area contributed by atoms with E-state index in [9.17, 15) is 13.2 Å². The number of anilines is 2. The summed E-state index contributed by atoms with van der Waals surface area (Å²) in [6, 6.07) is 8.52. The monoisotopic (exact) mass is 322 g/mol. The van der Waals surface area contributed by atoms with Gasteiger partial charge in [-0.15, -0.1) is 0 Å². The number of amides is 1. The first-order chi connectivity index (χ1) is 10.1. The van der Waals surface area contributed by atoms with Gasteiger partial charge in [-0.25, -0.2) is 8.42 Å². The van der Waals surface area contributed by atoms with Crippen molar-refractivity contribution >= 4 is 38.6 Å². The minimum atomic E-state index is -3.23. The van der Waals surface area contributed by atoms with Crippen molar-refractivity contribution in [3.8, 4) is 0 Å². The largest absolute Gasteiger partial charge is 0.321 e. The molecule has 0 saturated carbocycles. The highest BCUT2D eigenvalue weighted by molar-refractivity contribution is 7.93. The predicted molar refractivity (Wildman–Crippen MR) is 84.5 cm³/mol. The Morgan fingerprint density at radius 1 is 1.29 bits per heavy atom. The number of benzene rings is 1. The molecule has 5 nitrogen and oxygen atoms in total. The van der Waals surface area contributed by atoms with Crippen molar-refractivity contribution in [2.45, 2.75) is 6.42 Å². The number of nitrogens with zero attached hydrogens (tertiary/aromatic N) is 1. The molecule has 1 aromatic carbocycles. The van der Waals surface area contributed by atoms with Crippen molar-refractivity contribution in [1.82, 2.24) is 0 Å². The van der Waals surface area contributed by atoms with Gasteiger partial charge in [-0.3, -0.25) is 9.10 Å². The SMILES string of the molecule is O=C(Nc1ccsc1)c1cccc(N2CCCS2(=O)=O)c1. The van der Waals surface area contributed by atoms with Crippen molar-refractivity contribution in [2.75, 3.05) is 21.9 Å². The molecule has 0 bridgehead atoms. The Morgan fingerprint density at radius 3 is 2.81 bits per heavy atom. The van der Waals surface area contributed by atoms with Crippen LogP contribution in [-0.4, -0.2) is 26.6 Å². The molecule has 2 heterocycles. The normalized spacial score (nSPS) is 16.9. The second-order valence-electron chi connectivity index (χ2n) is 4.76. The number of nitrogens with one attached hydrogen (secondary N) is 1. The first-order valence-electron chi connectivity index (χ1n) is 6.50. The molecule has 21 heavy (non-hydrogen) atoms. The Morgan fingerprint density at radius 2 is 2.14 bits per heavy atom. The van der Waals surface area contributed by atoms with Crippen LogP contribution in [0.4, 0.5) is 11.4 Å². The minimum Gasteiger partial charge on any atom is -0.321 e. The molecule has 0 atom stereocenters. The molecular formula is C14H14N2O3S2. The van der Waals surface area contributed by atoms with Gasteiger partial charge in [0.1, 0.15) is 0 Å². The number of sulfonamides is 1. The van der Waals surface area contributed by atoms with E-state index in [-0.39, 0.29) is 11.7 Å². The number of hydrogen-bond donors (Lipinski definition) is 1. The van der Waals surface area contributed by atoms with Crippen LogP contribution in [0.1, 0.15) is 16.8 Å². The summed E-state index contributed by atoms with van der Waals surface area (Å²) < 4.78 is 25.2. The zero-order chi connectivity index (χ0) is 14.9. The molecule has 2 aromatic rings. The first kappa shape index (κ1) is 14.1. The van der Waals surface area contributed by atoms with Crippen molar-refractivity contribution in [3.63, 3.8) is 0 Å². The van der Waals surface area contributed by atoms with Crippen LogP contribution in [0.25, 0.3) is 0 Å². The molecule has 0 unspecified atom stereocenters. The molecule has 1 saturated heterocycles. The van der Waals surface area contributed by atoms with Crippen LogP contribution in [-0.2, 0) is 10.0 Å². The van der Waals surface area contributed by atoms with Crippen LogP contribution in [0.3, 0.4) is 0 Å². The minimum absolute atomic E-state index is 0.165. The van der Waals surface area contributed by atoms with E-state index < -0.39 is 10.0 Å². The summed E-state index contributed by atoms with van der Waals surface area (Å²) in [5.74, 6) is -0.0787. The lowest BCUT2D eigenvalue weighted by Gasteiger charge is -2.17. The molecule has 110 valence electrons. The lowest BCUT2D eigenvalue weighted by atomic mass is 10.2. The maximum absolute atomic E-state index is 12.2. The number of thiophene rings is 1. The predicted octanol–water partition coefficient (Wildman–Crippen LogP) is 2.54. The number of carbonyl (C=O) groups is 1. The lowest BCUT2D eigenvalue weighted by molar-refractivity contribution is 0.102. The van der Waals surface area contributed by atoms with Crippen LogP contribution in [0.5, 0.6) is 0 Å². The Bertz CT molecular complexity index is 754. The second-order valence-corrected chi connectivity index (χ2v) is 7.55. The van der Waals surface area contributed by atoms with Crippen molar-refractivity contribution < 1.29 is 13.2 Å². The zero-order valence-corrected chi connectivity index (χ0v) is 12.8. The molecule has 0 spiro atoms. The Kier molecular flexibility index (Phi) is 3.69. The van der Waals surface area contributed by atoms with Gasteiger partial charge in [-0.2, -0.15) is 11.3 Å². The van der Waals surface area contributed by atoms with Gasteiger partial charge in [0.25, 0.3) is 5.91 Å². The standard InChI is InChI=1S/C14H14N2O3S2/c17-14(15-12-5-7-20-10-12)11-3-1-4-13(9-11)16-6-2-8-21(16,18)19/h1,3-5,7,9-10H,2,6,8H2,(H,15,17). The highest BCUT2D eigenvalue weighted by atomic mass is 32.2. The molecule has 1 fully saturated rings. The average Bonchev–Trinajstić information content (AvgIpc) is 3.08. The Labute approximate surface area is 127 Å². The summed E-state index contributed by atoms with van der Waals surface area (Å²) >= 11 is 1.50. The van der Waals surface area contributed by atoms with Crippen LogP contribution in [0, 0.1) is 0 Å². The molecule has 3 rings (SSSR count). The second kappa shape index (κ2) is 5.50. The molecule has 7 heteroatoms.